The Hall–Kier alpha value is 0.270. The fourth-order valence-corrected chi connectivity index (χ4v) is 4.85. The predicted octanol–water partition coefficient (Wildman–Crippen LogP) is 2.00. The largest absolute Gasteiger partial charge is 0.379 e. The molecule has 2 saturated heterocycles. The molecular formula is C16H31IN4OS. The van der Waals surface area contributed by atoms with Crippen molar-refractivity contribution in [2.75, 3.05) is 57.4 Å². The highest BCUT2D eigenvalue weighted by Gasteiger charge is 2.38. The molecule has 5 nitrogen and oxygen atoms in total. The molecule has 23 heavy (non-hydrogen) atoms. The predicted molar refractivity (Wildman–Crippen MR) is 109 cm³/mol. The van der Waals surface area contributed by atoms with Gasteiger partial charge in [-0.1, -0.05) is 19.3 Å². The second-order valence-electron chi connectivity index (χ2n) is 6.66. The SMILES string of the molecule is I.NC(=NCC1(N2CCOCC2)CCCCC1)N1CCSCC1. The molecule has 0 atom stereocenters. The molecule has 0 radical (unpaired) electrons. The highest BCUT2D eigenvalue weighted by Crippen LogP contribution is 2.34. The average molecular weight is 454 g/mol. The van der Waals surface area contributed by atoms with Crippen LogP contribution in [0.15, 0.2) is 4.99 Å². The second kappa shape index (κ2) is 9.68. The summed E-state index contributed by atoms with van der Waals surface area (Å²) in [6, 6.07) is 0. The maximum atomic E-state index is 6.28. The van der Waals surface area contributed by atoms with E-state index in [0.717, 1.165) is 51.9 Å². The molecule has 7 heteroatoms. The van der Waals surface area contributed by atoms with E-state index in [1.807, 2.05) is 11.8 Å². The Kier molecular flexibility index (Phi) is 8.24. The summed E-state index contributed by atoms with van der Waals surface area (Å²) < 4.78 is 5.54. The molecule has 1 saturated carbocycles. The van der Waals surface area contributed by atoms with Crippen LogP contribution in [0.1, 0.15) is 32.1 Å². The van der Waals surface area contributed by atoms with Gasteiger partial charge in [0.05, 0.1) is 19.8 Å². The number of hydrogen-bond donors (Lipinski definition) is 1. The van der Waals surface area contributed by atoms with Crippen LogP contribution in [0.2, 0.25) is 0 Å². The number of ether oxygens (including phenoxy) is 1. The van der Waals surface area contributed by atoms with Crippen LogP contribution >= 0.6 is 35.7 Å². The third-order valence-corrected chi connectivity index (χ3v) is 6.28. The zero-order valence-corrected chi connectivity index (χ0v) is 17.2. The molecule has 0 amide bonds. The lowest BCUT2D eigenvalue weighted by Gasteiger charge is -2.47. The van der Waals surface area contributed by atoms with E-state index in [9.17, 15) is 0 Å². The van der Waals surface area contributed by atoms with E-state index in [0.29, 0.717) is 0 Å². The molecule has 0 bridgehead atoms. The van der Waals surface area contributed by atoms with Crippen molar-refractivity contribution < 1.29 is 4.74 Å². The lowest BCUT2D eigenvalue weighted by molar-refractivity contribution is -0.0333. The van der Waals surface area contributed by atoms with Gasteiger partial charge in [-0.25, -0.2) is 0 Å². The molecule has 3 fully saturated rings. The molecule has 3 rings (SSSR count). The van der Waals surface area contributed by atoms with Crippen LogP contribution in [-0.2, 0) is 4.74 Å². The topological polar surface area (TPSA) is 54.1 Å². The monoisotopic (exact) mass is 454 g/mol. The lowest BCUT2D eigenvalue weighted by atomic mass is 9.80. The van der Waals surface area contributed by atoms with Gasteiger partial charge in [-0.3, -0.25) is 9.89 Å². The number of guanidine groups is 1. The van der Waals surface area contributed by atoms with Gasteiger partial charge in [0.1, 0.15) is 0 Å². The second-order valence-corrected chi connectivity index (χ2v) is 7.88. The summed E-state index contributed by atoms with van der Waals surface area (Å²) in [5.74, 6) is 3.11. The smallest absolute Gasteiger partial charge is 0.191 e. The fraction of sp³-hybridized carbons (Fsp3) is 0.938. The summed E-state index contributed by atoms with van der Waals surface area (Å²) in [6.07, 6.45) is 6.55. The van der Waals surface area contributed by atoms with Crippen molar-refractivity contribution in [2.45, 2.75) is 37.6 Å². The van der Waals surface area contributed by atoms with Crippen LogP contribution in [0.4, 0.5) is 0 Å². The molecule has 0 aromatic rings. The van der Waals surface area contributed by atoms with E-state index in [-0.39, 0.29) is 29.5 Å². The van der Waals surface area contributed by atoms with Gasteiger partial charge in [0.25, 0.3) is 0 Å². The maximum Gasteiger partial charge on any atom is 0.191 e. The van der Waals surface area contributed by atoms with Crippen molar-refractivity contribution in [1.82, 2.24) is 9.80 Å². The quantitative estimate of drug-likeness (QED) is 0.402. The van der Waals surface area contributed by atoms with Gasteiger partial charge in [-0.2, -0.15) is 11.8 Å². The van der Waals surface area contributed by atoms with Crippen molar-refractivity contribution in [2.24, 2.45) is 10.7 Å². The van der Waals surface area contributed by atoms with Crippen LogP contribution in [-0.4, -0.2) is 78.7 Å². The van der Waals surface area contributed by atoms with E-state index in [4.69, 9.17) is 15.5 Å². The first kappa shape index (κ1) is 19.6. The van der Waals surface area contributed by atoms with Gasteiger partial charge in [0.2, 0.25) is 0 Å². The number of rotatable bonds is 3. The van der Waals surface area contributed by atoms with Gasteiger partial charge in [0, 0.05) is 43.2 Å². The molecule has 134 valence electrons. The van der Waals surface area contributed by atoms with Crippen LogP contribution in [0.25, 0.3) is 0 Å². The lowest BCUT2D eigenvalue weighted by Crippen LogP contribution is -2.56. The average Bonchev–Trinajstić information content (AvgIpc) is 2.62. The van der Waals surface area contributed by atoms with Gasteiger partial charge >= 0.3 is 0 Å². The van der Waals surface area contributed by atoms with Crippen molar-refractivity contribution >= 4 is 41.7 Å². The summed E-state index contributed by atoms with van der Waals surface area (Å²) in [6.45, 7) is 6.79. The van der Waals surface area contributed by atoms with E-state index in [1.165, 1.54) is 43.6 Å². The third-order valence-electron chi connectivity index (χ3n) is 5.34. The minimum absolute atomic E-state index is 0. The van der Waals surface area contributed by atoms with Crippen LogP contribution in [0, 0.1) is 0 Å². The molecule has 1 aliphatic carbocycles. The van der Waals surface area contributed by atoms with Crippen molar-refractivity contribution in [3.05, 3.63) is 0 Å². The zero-order chi connectivity index (χ0) is 15.3. The van der Waals surface area contributed by atoms with Crippen LogP contribution in [0.3, 0.4) is 0 Å². The molecule has 0 spiro atoms. The van der Waals surface area contributed by atoms with Crippen LogP contribution < -0.4 is 5.73 Å². The van der Waals surface area contributed by atoms with Crippen molar-refractivity contribution in [3.63, 3.8) is 0 Å². The highest BCUT2D eigenvalue weighted by molar-refractivity contribution is 14.0. The Morgan fingerprint density at radius 3 is 2.35 bits per heavy atom. The molecule has 2 N–H and O–H groups in total. The van der Waals surface area contributed by atoms with E-state index in [2.05, 4.69) is 9.80 Å². The summed E-state index contributed by atoms with van der Waals surface area (Å²) in [4.78, 5) is 9.74. The molecule has 0 unspecified atom stereocenters. The number of halogens is 1. The first-order valence-electron chi connectivity index (χ1n) is 8.76. The van der Waals surface area contributed by atoms with E-state index < -0.39 is 0 Å². The summed E-state index contributed by atoms with van der Waals surface area (Å²) in [5.41, 5.74) is 6.51. The fourth-order valence-electron chi connectivity index (χ4n) is 3.94. The van der Waals surface area contributed by atoms with Crippen LogP contribution in [0.5, 0.6) is 0 Å². The van der Waals surface area contributed by atoms with Crippen molar-refractivity contribution in [1.29, 1.82) is 0 Å². The Morgan fingerprint density at radius 1 is 1.04 bits per heavy atom. The first-order chi connectivity index (χ1) is 10.8. The minimum Gasteiger partial charge on any atom is -0.379 e. The number of nitrogens with two attached hydrogens (primary N) is 1. The number of aliphatic imine (C=N–C) groups is 1. The van der Waals surface area contributed by atoms with E-state index in [1.54, 1.807) is 0 Å². The molecule has 2 aliphatic heterocycles. The Bertz CT molecular complexity index is 378. The van der Waals surface area contributed by atoms with Gasteiger partial charge in [0.15, 0.2) is 5.96 Å². The van der Waals surface area contributed by atoms with E-state index >= 15 is 0 Å². The maximum absolute atomic E-state index is 6.28. The normalized spacial score (nSPS) is 26.6. The molecule has 2 heterocycles. The highest BCUT2D eigenvalue weighted by atomic mass is 127. The summed E-state index contributed by atoms with van der Waals surface area (Å²) in [7, 11) is 0. The summed E-state index contributed by atoms with van der Waals surface area (Å²) >= 11 is 2.01. The Morgan fingerprint density at radius 2 is 1.70 bits per heavy atom. The molecular weight excluding hydrogens is 423 g/mol. The molecule has 0 aromatic heterocycles. The summed E-state index contributed by atoms with van der Waals surface area (Å²) in [5, 5.41) is 0. The Labute approximate surface area is 161 Å². The Balaban J connectivity index is 0.00000192. The van der Waals surface area contributed by atoms with Gasteiger partial charge in [-0.05, 0) is 12.8 Å². The van der Waals surface area contributed by atoms with Gasteiger partial charge < -0.3 is 15.4 Å². The number of thioether (sulfide) groups is 1. The first-order valence-corrected chi connectivity index (χ1v) is 9.91. The minimum atomic E-state index is 0. The zero-order valence-electron chi connectivity index (χ0n) is 14.0. The van der Waals surface area contributed by atoms with Crippen molar-refractivity contribution in [3.8, 4) is 0 Å². The van der Waals surface area contributed by atoms with Gasteiger partial charge in [-0.15, -0.1) is 24.0 Å². The standard InChI is InChI=1S/C16H30N4OS.HI/c17-15(19-8-12-22-13-9-19)18-14-16(4-2-1-3-5-16)20-6-10-21-11-7-20;/h1-14H2,(H2,17,18);1H. The number of hydrogen-bond acceptors (Lipinski definition) is 4. The number of morpholine rings is 1. The number of nitrogens with zero attached hydrogens (tertiary/aromatic N) is 3. The third kappa shape index (κ3) is 5.12. The molecule has 3 aliphatic rings. The molecule has 0 aromatic carbocycles.